The van der Waals surface area contributed by atoms with Gasteiger partial charge < -0.3 is 14.6 Å². The van der Waals surface area contributed by atoms with E-state index in [9.17, 15) is 14.4 Å². The molecule has 7 heteroatoms. The molecule has 1 N–H and O–H groups in total. The van der Waals surface area contributed by atoms with Crippen molar-refractivity contribution < 1.29 is 19.1 Å². The van der Waals surface area contributed by atoms with Gasteiger partial charge in [0.2, 0.25) is 0 Å². The second-order valence-electron chi connectivity index (χ2n) is 8.14. The monoisotopic (exact) mass is 403 g/mol. The van der Waals surface area contributed by atoms with E-state index in [1.54, 1.807) is 29.2 Å². The smallest absolute Gasteiger partial charge is 0.339 e. The van der Waals surface area contributed by atoms with Crippen LogP contribution in [0.4, 0.5) is 10.5 Å². The highest BCUT2D eigenvalue weighted by Crippen LogP contribution is 2.45. The maximum absolute atomic E-state index is 13.5. The Bertz CT molecular complexity index is 1230. The number of carbonyl (C=O) groups is 3. The third-order valence-electron chi connectivity index (χ3n) is 6.19. The van der Waals surface area contributed by atoms with Gasteiger partial charge in [-0.3, -0.25) is 4.79 Å². The summed E-state index contributed by atoms with van der Waals surface area (Å²) in [6.45, 7) is 3.88. The Morgan fingerprint density at radius 1 is 1.10 bits per heavy atom. The Kier molecular flexibility index (Phi) is 3.80. The van der Waals surface area contributed by atoms with Crippen LogP contribution in [0, 0.1) is 0 Å². The number of imide groups is 1. The number of hydrogen-bond donors (Lipinski definition) is 1. The number of rotatable bonds is 2. The van der Waals surface area contributed by atoms with Crippen molar-refractivity contribution in [2.75, 3.05) is 12.0 Å². The summed E-state index contributed by atoms with van der Waals surface area (Å²) in [6.07, 6.45) is 0.421. The minimum absolute atomic E-state index is 0.184. The molecule has 0 radical (unpaired) electrons. The second kappa shape index (κ2) is 6.19. The minimum Gasteiger partial charge on any atom is -0.465 e. The minimum atomic E-state index is -0.723. The molecule has 7 nitrogen and oxygen atoms in total. The van der Waals surface area contributed by atoms with Crippen LogP contribution in [-0.2, 0) is 21.5 Å². The fourth-order valence-electron chi connectivity index (χ4n) is 4.82. The molecule has 3 amide bonds. The molecule has 0 spiro atoms. The zero-order chi connectivity index (χ0) is 21.2. The van der Waals surface area contributed by atoms with Crippen LogP contribution in [0.15, 0.2) is 48.5 Å². The van der Waals surface area contributed by atoms with E-state index in [0.29, 0.717) is 6.42 Å². The van der Waals surface area contributed by atoms with Gasteiger partial charge in [-0.15, -0.1) is 0 Å². The highest BCUT2D eigenvalue weighted by atomic mass is 16.5. The van der Waals surface area contributed by atoms with Crippen molar-refractivity contribution >= 4 is 34.5 Å². The summed E-state index contributed by atoms with van der Waals surface area (Å²) >= 11 is 0. The summed E-state index contributed by atoms with van der Waals surface area (Å²) in [6, 6.07) is 13.4. The maximum atomic E-state index is 13.5. The largest absolute Gasteiger partial charge is 0.465 e. The van der Waals surface area contributed by atoms with Gasteiger partial charge in [0.25, 0.3) is 5.91 Å². The van der Waals surface area contributed by atoms with E-state index in [1.165, 1.54) is 7.11 Å². The Hall–Kier alpha value is -3.61. The topological polar surface area (TPSA) is 82.7 Å². The number of aromatic amines is 1. The van der Waals surface area contributed by atoms with Gasteiger partial charge in [0.1, 0.15) is 6.04 Å². The van der Waals surface area contributed by atoms with Gasteiger partial charge in [0.15, 0.2) is 0 Å². The van der Waals surface area contributed by atoms with Crippen LogP contribution in [0.3, 0.4) is 0 Å². The van der Waals surface area contributed by atoms with E-state index in [2.05, 4.69) is 4.98 Å². The number of para-hydroxylation sites is 2. The molecule has 0 saturated carbocycles. The molecular formula is C23H21N3O4. The molecule has 30 heavy (non-hydrogen) atoms. The van der Waals surface area contributed by atoms with Crippen molar-refractivity contribution in [3.63, 3.8) is 0 Å². The zero-order valence-corrected chi connectivity index (χ0v) is 16.9. The molecule has 5 rings (SSSR count). The Balaban J connectivity index is 1.64. The summed E-state index contributed by atoms with van der Waals surface area (Å²) in [7, 11) is 1.27. The number of aromatic nitrogens is 1. The number of fused-ring (bicyclic) bond motifs is 4. The van der Waals surface area contributed by atoms with E-state index in [4.69, 9.17) is 4.74 Å². The first-order valence-electron chi connectivity index (χ1n) is 9.81. The van der Waals surface area contributed by atoms with E-state index < -0.39 is 23.6 Å². The van der Waals surface area contributed by atoms with Gasteiger partial charge in [-0.1, -0.05) is 30.3 Å². The summed E-state index contributed by atoms with van der Waals surface area (Å²) in [5.74, 6) is -0.924. The van der Waals surface area contributed by atoms with Crippen LogP contribution >= 0.6 is 0 Å². The lowest BCUT2D eigenvalue weighted by Gasteiger charge is -2.42. The lowest BCUT2D eigenvalue weighted by molar-refractivity contribution is -0.121. The average molecular weight is 403 g/mol. The number of urea groups is 1. The Labute approximate surface area is 173 Å². The molecule has 3 heterocycles. The zero-order valence-electron chi connectivity index (χ0n) is 16.9. The normalized spacial score (nSPS) is 19.8. The third kappa shape index (κ3) is 2.29. The van der Waals surface area contributed by atoms with Crippen molar-refractivity contribution in [2.45, 2.75) is 31.8 Å². The number of methoxy groups -OCH3 is 1. The molecule has 2 aliphatic heterocycles. The van der Waals surface area contributed by atoms with Gasteiger partial charge >= 0.3 is 12.0 Å². The van der Waals surface area contributed by atoms with Gasteiger partial charge in [0, 0.05) is 23.0 Å². The van der Waals surface area contributed by atoms with Gasteiger partial charge in [-0.2, -0.15) is 0 Å². The molecule has 1 aromatic heterocycles. The number of nitrogens with one attached hydrogen (secondary N) is 1. The summed E-state index contributed by atoms with van der Waals surface area (Å²) < 4.78 is 4.85. The maximum Gasteiger partial charge on any atom is 0.339 e. The van der Waals surface area contributed by atoms with Crippen molar-refractivity contribution in [1.82, 2.24) is 9.88 Å². The average Bonchev–Trinajstić information content (AvgIpc) is 3.24. The molecular weight excluding hydrogens is 382 g/mol. The van der Waals surface area contributed by atoms with E-state index in [1.807, 2.05) is 38.1 Å². The molecule has 2 aliphatic rings. The van der Waals surface area contributed by atoms with Crippen LogP contribution in [0.5, 0.6) is 0 Å². The quantitative estimate of drug-likeness (QED) is 0.524. The summed E-state index contributed by atoms with van der Waals surface area (Å²) in [5.41, 5.74) is 2.69. The molecule has 152 valence electrons. The van der Waals surface area contributed by atoms with Crippen molar-refractivity contribution in [2.24, 2.45) is 0 Å². The third-order valence-corrected chi connectivity index (χ3v) is 6.19. The van der Waals surface area contributed by atoms with Crippen molar-refractivity contribution in [3.05, 3.63) is 65.4 Å². The molecule has 1 atom stereocenters. The standard InChI is InChI=1S/C23H21N3O4/c1-23(2)19-15(13-8-4-6-10-16(13)24-19)12-18-20(27)25(22(29)26(18)23)17-11-7-5-9-14(17)21(28)30-3/h4-11,18,24H,12H2,1-3H3/t18-/m0/s1. The van der Waals surface area contributed by atoms with E-state index >= 15 is 0 Å². The lowest BCUT2D eigenvalue weighted by atomic mass is 9.85. The predicted molar refractivity (Wildman–Crippen MR) is 111 cm³/mol. The van der Waals surface area contributed by atoms with Crippen LogP contribution in [0.25, 0.3) is 10.9 Å². The Morgan fingerprint density at radius 3 is 2.57 bits per heavy atom. The molecule has 0 bridgehead atoms. The lowest BCUT2D eigenvalue weighted by Crippen LogP contribution is -2.52. The van der Waals surface area contributed by atoms with E-state index in [-0.39, 0.29) is 17.2 Å². The fraction of sp³-hybridized carbons (Fsp3) is 0.261. The van der Waals surface area contributed by atoms with Gasteiger partial charge in [-0.05, 0) is 37.6 Å². The summed E-state index contributed by atoms with van der Waals surface area (Å²) in [5, 5.41) is 1.06. The van der Waals surface area contributed by atoms with Crippen LogP contribution < -0.4 is 4.90 Å². The van der Waals surface area contributed by atoms with Crippen molar-refractivity contribution in [3.8, 4) is 0 Å². The number of ether oxygens (including phenoxy) is 1. The highest BCUT2D eigenvalue weighted by Gasteiger charge is 2.56. The first-order valence-corrected chi connectivity index (χ1v) is 9.81. The number of H-pyrrole nitrogens is 1. The SMILES string of the molecule is COC(=O)c1ccccc1N1C(=O)[C@@H]2Cc3c([nH]c4ccccc34)C(C)(C)N2C1=O. The molecule has 0 aliphatic carbocycles. The predicted octanol–water partition coefficient (Wildman–Crippen LogP) is 3.58. The number of amides is 3. The molecule has 1 saturated heterocycles. The van der Waals surface area contributed by atoms with Crippen LogP contribution in [0.2, 0.25) is 0 Å². The highest BCUT2D eigenvalue weighted by molar-refractivity contribution is 6.23. The molecule has 0 unspecified atom stereocenters. The number of nitrogens with zero attached hydrogens (tertiary/aromatic N) is 2. The van der Waals surface area contributed by atoms with Crippen molar-refractivity contribution in [1.29, 1.82) is 0 Å². The molecule has 1 fully saturated rings. The second-order valence-corrected chi connectivity index (χ2v) is 8.14. The van der Waals surface area contributed by atoms with Gasteiger partial charge in [-0.25, -0.2) is 14.5 Å². The van der Waals surface area contributed by atoms with E-state index in [0.717, 1.165) is 27.1 Å². The first kappa shape index (κ1) is 18.4. The molecule has 2 aromatic carbocycles. The number of carbonyl (C=O) groups excluding carboxylic acids is 3. The fourth-order valence-corrected chi connectivity index (χ4v) is 4.82. The molecule has 3 aromatic rings. The summed E-state index contributed by atoms with van der Waals surface area (Å²) in [4.78, 5) is 45.4. The number of esters is 1. The number of anilines is 1. The van der Waals surface area contributed by atoms with Gasteiger partial charge in [0.05, 0.1) is 23.9 Å². The van der Waals surface area contributed by atoms with Crippen LogP contribution in [-0.4, -0.2) is 40.9 Å². The number of hydrogen-bond acceptors (Lipinski definition) is 4. The number of benzene rings is 2. The first-order chi connectivity index (χ1) is 14.4. The Morgan fingerprint density at radius 2 is 1.80 bits per heavy atom. The van der Waals surface area contributed by atoms with Crippen LogP contribution in [0.1, 0.15) is 35.5 Å².